The van der Waals surface area contributed by atoms with Crippen LogP contribution in [0.5, 0.6) is 0 Å². The fraction of sp³-hybridized carbons (Fsp3) is 0.583. The van der Waals surface area contributed by atoms with Crippen LogP contribution in [-0.2, 0) is 11.3 Å². The lowest BCUT2D eigenvalue weighted by atomic mass is 10.1. The number of nitrogens with one attached hydrogen (secondary N) is 1. The van der Waals surface area contributed by atoms with Gasteiger partial charge >= 0.3 is 0 Å². The molecule has 1 unspecified atom stereocenters. The molecule has 0 fully saturated rings. The molecule has 0 bridgehead atoms. The summed E-state index contributed by atoms with van der Waals surface area (Å²) in [6, 6.07) is 3.32. The fourth-order valence-corrected chi connectivity index (χ4v) is 1.44. The summed E-state index contributed by atoms with van der Waals surface area (Å²) in [6.07, 6.45) is 2.77. The van der Waals surface area contributed by atoms with Crippen LogP contribution in [-0.4, -0.2) is 11.9 Å². The standard InChI is InChI=1S/C12H20N2O2/c1-3-4-5-11(13)12(15)14-8-10-7-6-9(2)16-10/h6-7,11H,3-5,8,13H2,1-2H3,(H,14,15). The van der Waals surface area contributed by atoms with Crippen LogP contribution in [0, 0.1) is 6.92 Å². The maximum Gasteiger partial charge on any atom is 0.237 e. The highest BCUT2D eigenvalue weighted by molar-refractivity contribution is 5.81. The van der Waals surface area contributed by atoms with E-state index in [4.69, 9.17) is 10.2 Å². The van der Waals surface area contributed by atoms with E-state index in [1.807, 2.05) is 19.1 Å². The molecule has 1 atom stereocenters. The van der Waals surface area contributed by atoms with E-state index >= 15 is 0 Å². The Hall–Kier alpha value is -1.29. The van der Waals surface area contributed by atoms with Crippen LogP contribution in [0.1, 0.15) is 37.7 Å². The number of hydrogen-bond acceptors (Lipinski definition) is 3. The average molecular weight is 224 g/mol. The first-order chi connectivity index (χ1) is 7.63. The molecular formula is C12H20N2O2. The van der Waals surface area contributed by atoms with Crippen molar-refractivity contribution in [2.45, 2.75) is 45.7 Å². The monoisotopic (exact) mass is 224 g/mol. The summed E-state index contributed by atoms with van der Waals surface area (Å²) >= 11 is 0. The molecule has 0 aliphatic heterocycles. The molecule has 0 aliphatic carbocycles. The third kappa shape index (κ3) is 4.06. The quantitative estimate of drug-likeness (QED) is 0.773. The Morgan fingerprint density at radius 1 is 1.56 bits per heavy atom. The Labute approximate surface area is 96.2 Å². The van der Waals surface area contributed by atoms with E-state index in [-0.39, 0.29) is 5.91 Å². The van der Waals surface area contributed by atoms with E-state index in [1.165, 1.54) is 0 Å². The van der Waals surface area contributed by atoms with Gasteiger partial charge in [-0.05, 0) is 25.5 Å². The van der Waals surface area contributed by atoms with Crippen molar-refractivity contribution in [1.82, 2.24) is 5.32 Å². The zero-order valence-electron chi connectivity index (χ0n) is 9.95. The van der Waals surface area contributed by atoms with Crippen molar-refractivity contribution in [3.63, 3.8) is 0 Å². The zero-order valence-corrected chi connectivity index (χ0v) is 9.95. The molecule has 1 heterocycles. The van der Waals surface area contributed by atoms with Crippen molar-refractivity contribution in [3.05, 3.63) is 23.7 Å². The molecule has 1 aromatic rings. The smallest absolute Gasteiger partial charge is 0.237 e. The number of nitrogens with two attached hydrogens (primary N) is 1. The minimum absolute atomic E-state index is 0.109. The molecule has 3 N–H and O–H groups in total. The Morgan fingerprint density at radius 2 is 2.31 bits per heavy atom. The molecule has 90 valence electrons. The number of carbonyl (C=O) groups excluding carboxylic acids is 1. The molecule has 4 heteroatoms. The predicted molar refractivity (Wildman–Crippen MR) is 62.8 cm³/mol. The second-order valence-corrected chi connectivity index (χ2v) is 3.98. The molecule has 0 aliphatic rings. The van der Waals surface area contributed by atoms with Gasteiger partial charge in [-0.3, -0.25) is 4.79 Å². The van der Waals surface area contributed by atoms with Gasteiger partial charge < -0.3 is 15.5 Å². The molecule has 16 heavy (non-hydrogen) atoms. The molecular weight excluding hydrogens is 204 g/mol. The number of furan rings is 1. The van der Waals surface area contributed by atoms with Crippen LogP contribution < -0.4 is 11.1 Å². The van der Waals surface area contributed by atoms with Gasteiger partial charge in [-0.15, -0.1) is 0 Å². The number of hydrogen-bond donors (Lipinski definition) is 2. The van der Waals surface area contributed by atoms with Gasteiger partial charge in [-0.2, -0.15) is 0 Å². The molecule has 0 saturated carbocycles. The van der Waals surface area contributed by atoms with Gasteiger partial charge in [0.25, 0.3) is 0 Å². The van der Waals surface area contributed by atoms with E-state index < -0.39 is 6.04 Å². The first-order valence-electron chi connectivity index (χ1n) is 5.72. The van der Waals surface area contributed by atoms with Crippen molar-refractivity contribution < 1.29 is 9.21 Å². The zero-order chi connectivity index (χ0) is 12.0. The molecule has 0 spiro atoms. The summed E-state index contributed by atoms with van der Waals surface area (Å²) in [4.78, 5) is 11.6. The summed E-state index contributed by atoms with van der Waals surface area (Å²) in [5.41, 5.74) is 5.73. The lowest BCUT2D eigenvalue weighted by Crippen LogP contribution is -2.40. The fourth-order valence-electron chi connectivity index (χ4n) is 1.44. The van der Waals surface area contributed by atoms with Gasteiger partial charge in [-0.25, -0.2) is 0 Å². The largest absolute Gasteiger partial charge is 0.465 e. The summed E-state index contributed by atoms with van der Waals surface area (Å²) < 4.78 is 5.34. The summed E-state index contributed by atoms with van der Waals surface area (Å²) in [5.74, 6) is 1.50. The summed E-state index contributed by atoms with van der Waals surface area (Å²) in [6.45, 7) is 4.36. The van der Waals surface area contributed by atoms with Gasteiger partial charge in [0.05, 0.1) is 12.6 Å². The van der Waals surface area contributed by atoms with E-state index in [0.717, 1.165) is 30.8 Å². The van der Waals surface area contributed by atoms with Crippen LogP contribution >= 0.6 is 0 Å². The van der Waals surface area contributed by atoms with Crippen LogP contribution in [0.3, 0.4) is 0 Å². The van der Waals surface area contributed by atoms with E-state index in [2.05, 4.69) is 12.2 Å². The highest BCUT2D eigenvalue weighted by atomic mass is 16.3. The summed E-state index contributed by atoms with van der Waals surface area (Å²) in [5, 5.41) is 2.76. The highest BCUT2D eigenvalue weighted by Crippen LogP contribution is 2.05. The maximum absolute atomic E-state index is 11.6. The molecule has 1 rings (SSSR count). The van der Waals surface area contributed by atoms with Gasteiger partial charge in [0.1, 0.15) is 11.5 Å². The minimum atomic E-state index is -0.406. The molecule has 0 aromatic carbocycles. The van der Waals surface area contributed by atoms with Crippen molar-refractivity contribution in [2.75, 3.05) is 0 Å². The number of aryl methyl sites for hydroxylation is 1. The van der Waals surface area contributed by atoms with Gasteiger partial charge in [0.15, 0.2) is 0 Å². The lowest BCUT2D eigenvalue weighted by Gasteiger charge is -2.10. The Bertz CT molecular complexity index is 334. The molecule has 1 amide bonds. The third-order valence-electron chi connectivity index (χ3n) is 2.44. The van der Waals surface area contributed by atoms with Crippen molar-refractivity contribution in [3.8, 4) is 0 Å². The SMILES string of the molecule is CCCCC(N)C(=O)NCc1ccc(C)o1. The second-order valence-electron chi connectivity index (χ2n) is 3.98. The Balaban J connectivity index is 2.29. The Kier molecular flexibility index (Phi) is 5.05. The molecule has 0 radical (unpaired) electrons. The van der Waals surface area contributed by atoms with Crippen LogP contribution in [0.25, 0.3) is 0 Å². The van der Waals surface area contributed by atoms with Crippen LogP contribution in [0.15, 0.2) is 16.5 Å². The first kappa shape index (κ1) is 12.8. The average Bonchev–Trinajstić information content (AvgIpc) is 2.68. The molecule has 1 aromatic heterocycles. The molecule has 0 saturated heterocycles. The number of carbonyl (C=O) groups is 1. The first-order valence-corrected chi connectivity index (χ1v) is 5.72. The lowest BCUT2D eigenvalue weighted by molar-refractivity contribution is -0.122. The molecule has 4 nitrogen and oxygen atoms in total. The topological polar surface area (TPSA) is 68.3 Å². The van der Waals surface area contributed by atoms with Crippen LogP contribution in [0.2, 0.25) is 0 Å². The number of rotatable bonds is 6. The van der Waals surface area contributed by atoms with E-state index in [9.17, 15) is 4.79 Å². The van der Waals surface area contributed by atoms with Crippen LogP contribution in [0.4, 0.5) is 0 Å². The number of unbranched alkanes of at least 4 members (excludes halogenated alkanes) is 1. The van der Waals surface area contributed by atoms with E-state index in [0.29, 0.717) is 6.54 Å². The van der Waals surface area contributed by atoms with Gasteiger partial charge in [0.2, 0.25) is 5.91 Å². The van der Waals surface area contributed by atoms with Crippen molar-refractivity contribution in [2.24, 2.45) is 5.73 Å². The maximum atomic E-state index is 11.6. The number of amides is 1. The normalized spacial score (nSPS) is 12.4. The van der Waals surface area contributed by atoms with Crippen molar-refractivity contribution in [1.29, 1.82) is 0 Å². The minimum Gasteiger partial charge on any atom is -0.465 e. The highest BCUT2D eigenvalue weighted by Gasteiger charge is 2.12. The van der Waals surface area contributed by atoms with E-state index in [1.54, 1.807) is 0 Å². The van der Waals surface area contributed by atoms with Gasteiger partial charge in [-0.1, -0.05) is 19.8 Å². The predicted octanol–water partition coefficient (Wildman–Crippen LogP) is 1.72. The summed E-state index contributed by atoms with van der Waals surface area (Å²) in [7, 11) is 0. The van der Waals surface area contributed by atoms with Gasteiger partial charge in [0, 0.05) is 0 Å². The van der Waals surface area contributed by atoms with Crippen molar-refractivity contribution >= 4 is 5.91 Å². The third-order valence-corrected chi connectivity index (χ3v) is 2.44. The Morgan fingerprint density at radius 3 is 2.88 bits per heavy atom. The second kappa shape index (κ2) is 6.33.